The number of esters is 5. The first-order chi connectivity index (χ1) is 23.5. The molecular formula is C35H42O15. The lowest BCUT2D eigenvalue weighted by Gasteiger charge is -2.44. The van der Waals surface area contributed by atoms with Crippen LogP contribution in [0.4, 0.5) is 0 Å². The van der Waals surface area contributed by atoms with Crippen LogP contribution in [0.25, 0.3) is 11.0 Å². The molecule has 3 rings (SSSR count). The van der Waals surface area contributed by atoms with Crippen LogP contribution in [0.5, 0.6) is 17.2 Å². The molecule has 5 atom stereocenters. The maximum Gasteiger partial charge on any atom is 0.383 e. The van der Waals surface area contributed by atoms with E-state index in [1.807, 2.05) is 26.8 Å². The quantitative estimate of drug-likeness (QED) is 0.117. The average Bonchev–Trinajstić information content (AvgIpc) is 2.99. The van der Waals surface area contributed by atoms with E-state index in [1.54, 1.807) is 6.07 Å². The van der Waals surface area contributed by atoms with Crippen molar-refractivity contribution in [2.24, 2.45) is 0 Å². The van der Waals surface area contributed by atoms with Crippen LogP contribution in [0.1, 0.15) is 68.2 Å². The van der Waals surface area contributed by atoms with Crippen molar-refractivity contribution in [3.63, 3.8) is 0 Å². The SMILES string of the molecule is CC(=O)OC[C@H]1O[C@@H](Oc2c(OC(C)=O)c(=O)oc3cc(OCC=C(C)CCC=C(C)C)ccc23)[C@H](OC(C)=O)[C@@H](OC(C)=O)[C@H]1OC(C)=O. The molecule has 0 spiro atoms. The second kappa shape index (κ2) is 18.0. The van der Waals surface area contributed by atoms with E-state index in [0.29, 0.717) is 5.75 Å². The summed E-state index contributed by atoms with van der Waals surface area (Å²) in [5.41, 5.74) is 1.22. The molecule has 0 radical (unpaired) electrons. The molecule has 15 nitrogen and oxygen atoms in total. The molecule has 1 aromatic carbocycles. The average molecular weight is 703 g/mol. The zero-order valence-corrected chi connectivity index (χ0v) is 29.2. The van der Waals surface area contributed by atoms with Gasteiger partial charge in [0.05, 0.1) is 5.39 Å². The third kappa shape index (κ3) is 11.5. The summed E-state index contributed by atoms with van der Waals surface area (Å²) < 4.78 is 50.0. The van der Waals surface area contributed by atoms with Crippen molar-refractivity contribution in [1.29, 1.82) is 0 Å². The van der Waals surface area contributed by atoms with Crippen LogP contribution in [0.2, 0.25) is 0 Å². The summed E-state index contributed by atoms with van der Waals surface area (Å²) in [5, 5.41) is 0.106. The van der Waals surface area contributed by atoms with E-state index >= 15 is 0 Å². The largest absolute Gasteiger partial charge is 0.489 e. The molecule has 50 heavy (non-hydrogen) atoms. The molecule has 0 amide bonds. The molecule has 272 valence electrons. The molecule has 1 aliphatic rings. The highest BCUT2D eigenvalue weighted by atomic mass is 16.7. The number of carbonyl (C=O) groups excluding carboxylic acids is 5. The van der Waals surface area contributed by atoms with Crippen LogP contribution in [0.3, 0.4) is 0 Å². The highest BCUT2D eigenvalue weighted by Gasteiger charge is 2.53. The van der Waals surface area contributed by atoms with Crippen LogP contribution in [0.15, 0.2) is 50.7 Å². The Labute approximate surface area is 288 Å². The van der Waals surface area contributed by atoms with Gasteiger partial charge in [0.25, 0.3) is 5.75 Å². The Morgan fingerprint density at radius 3 is 2.00 bits per heavy atom. The van der Waals surface area contributed by atoms with Gasteiger partial charge in [-0.3, -0.25) is 24.0 Å². The van der Waals surface area contributed by atoms with Crippen LogP contribution >= 0.6 is 0 Å². The van der Waals surface area contributed by atoms with E-state index in [4.69, 9.17) is 42.3 Å². The van der Waals surface area contributed by atoms with Crippen molar-refractivity contribution in [2.45, 2.75) is 98.9 Å². The Hall–Kier alpha value is -5.18. The summed E-state index contributed by atoms with van der Waals surface area (Å²) in [6.07, 6.45) is -1.86. The van der Waals surface area contributed by atoms with Crippen LogP contribution in [0, 0.1) is 0 Å². The van der Waals surface area contributed by atoms with E-state index in [0.717, 1.165) is 53.0 Å². The lowest BCUT2D eigenvalue weighted by molar-refractivity contribution is -0.288. The van der Waals surface area contributed by atoms with E-state index in [1.165, 1.54) is 17.7 Å². The van der Waals surface area contributed by atoms with Crippen molar-refractivity contribution < 1.29 is 66.3 Å². The number of carbonyl (C=O) groups is 5. The minimum atomic E-state index is -1.73. The molecule has 1 aromatic heterocycles. The standard InChI is InChI=1S/C35H42O15/c1-18(2)10-9-11-19(3)14-15-42-25-12-13-26-27(16-25)48-34(41)32(46-23(7)39)29(26)50-35-33(47-24(8)40)31(45-22(6)38)30(44-21(5)37)28(49-35)17-43-20(4)36/h10,12-14,16,28,30-31,33,35H,9,11,15,17H2,1-8H3/t28-,30+,31+,33-,35+/m1/s1. The Bertz CT molecular complexity index is 1700. The van der Waals surface area contributed by atoms with E-state index < -0.39 is 78.5 Å². The van der Waals surface area contributed by atoms with Crippen LogP contribution < -0.4 is 19.8 Å². The second-order valence-corrected chi connectivity index (χ2v) is 11.7. The second-order valence-electron chi connectivity index (χ2n) is 11.7. The summed E-state index contributed by atoms with van der Waals surface area (Å²) in [7, 11) is 0. The highest BCUT2D eigenvalue weighted by Crippen LogP contribution is 2.38. The van der Waals surface area contributed by atoms with Gasteiger partial charge in [-0.05, 0) is 51.8 Å². The summed E-state index contributed by atoms with van der Waals surface area (Å²) in [4.78, 5) is 73.5. The molecule has 1 fully saturated rings. The van der Waals surface area contributed by atoms with Crippen LogP contribution in [-0.4, -0.2) is 73.8 Å². The van der Waals surface area contributed by atoms with Gasteiger partial charge in [-0.15, -0.1) is 0 Å². The van der Waals surface area contributed by atoms with E-state index in [9.17, 15) is 28.8 Å². The highest BCUT2D eigenvalue weighted by molar-refractivity contribution is 5.87. The minimum Gasteiger partial charge on any atom is -0.489 e. The van der Waals surface area contributed by atoms with Gasteiger partial charge in [0.2, 0.25) is 12.4 Å². The fraction of sp³-hybridized carbons (Fsp3) is 0.486. The van der Waals surface area contributed by atoms with Gasteiger partial charge in [-0.2, -0.15) is 0 Å². The smallest absolute Gasteiger partial charge is 0.383 e. The van der Waals surface area contributed by atoms with Gasteiger partial charge in [0.1, 0.15) is 30.7 Å². The fourth-order valence-electron chi connectivity index (χ4n) is 4.94. The van der Waals surface area contributed by atoms with Crippen molar-refractivity contribution in [3.05, 3.63) is 51.9 Å². The summed E-state index contributed by atoms with van der Waals surface area (Å²) in [6.45, 7) is 11.2. The molecule has 1 aliphatic heterocycles. The van der Waals surface area contributed by atoms with E-state index in [2.05, 4.69) is 6.08 Å². The van der Waals surface area contributed by atoms with Gasteiger partial charge < -0.3 is 42.3 Å². The Balaban J connectivity index is 2.09. The fourth-order valence-corrected chi connectivity index (χ4v) is 4.94. The Kier molecular flexibility index (Phi) is 14.1. The predicted molar refractivity (Wildman–Crippen MR) is 174 cm³/mol. The normalized spacial score (nSPS) is 20.2. The Morgan fingerprint density at radius 2 is 1.40 bits per heavy atom. The molecule has 0 bridgehead atoms. The number of fused-ring (bicyclic) bond motifs is 1. The number of hydrogen-bond donors (Lipinski definition) is 0. The molecule has 1 saturated heterocycles. The topological polar surface area (TPSA) is 189 Å². The molecule has 0 unspecified atom stereocenters. The zero-order valence-electron chi connectivity index (χ0n) is 29.2. The lowest BCUT2D eigenvalue weighted by atomic mass is 9.98. The van der Waals surface area contributed by atoms with Crippen LogP contribution in [-0.2, 0) is 47.7 Å². The van der Waals surface area contributed by atoms with Crippen molar-refractivity contribution in [3.8, 4) is 17.2 Å². The first kappa shape index (κ1) is 39.3. The molecule has 2 heterocycles. The molecule has 0 aliphatic carbocycles. The third-order valence-electron chi connectivity index (χ3n) is 6.99. The summed E-state index contributed by atoms with van der Waals surface area (Å²) >= 11 is 0. The number of rotatable bonds is 14. The zero-order chi connectivity index (χ0) is 37.1. The van der Waals surface area contributed by atoms with Gasteiger partial charge in [0.15, 0.2) is 18.0 Å². The summed E-state index contributed by atoms with van der Waals surface area (Å²) in [5.74, 6) is -4.84. The van der Waals surface area contributed by atoms with Crippen molar-refractivity contribution in [1.82, 2.24) is 0 Å². The lowest BCUT2D eigenvalue weighted by Crippen LogP contribution is -2.63. The predicted octanol–water partition coefficient (Wildman–Crippen LogP) is 4.25. The van der Waals surface area contributed by atoms with Gasteiger partial charge in [-0.1, -0.05) is 17.2 Å². The first-order valence-electron chi connectivity index (χ1n) is 15.7. The third-order valence-corrected chi connectivity index (χ3v) is 6.99. The summed E-state index contributed by atoms with van der Waals surface area (Å²) in [6, 6.07) is 4.47. The minimum absolute atomic E-state index is 0.0340. The van der Waals surface area contributed by atoms with Gasteiger partial charge in [0, 0.05) is 40.7 Å². The molecule has 15 heteroatoms. The monoisotopic (exact) mass is 702 g/mol. The van der Waals surface area contributed by atoms with E-state index in [-0.39, 0.29) is 23.3 Å². The van der Waals surface area contributed by atoms with Gasteiger partial charge >= 0.3 is 35.5 Å². The molecular weight excluding hydrogens is 660 g/mol. The molecule has 0 N–H and O–H groups in total. The molecule has 2 aromatic rings. The number of ether oxygens (including phenoxy) is 8. The van der Waals surface area contributed by atoms with Gasteiger partial charge in [-0.25, -0.2) is 4.79 Å². The van der Waals surface area contributed by atoms with Crippen molar-refractivity contribution in [2.75, 3.05) is 13.2 Å². The maximum absolute atomic E-state index is 13.2. The maximum atomic E-state index is 13.2. The Morgan fingerprint density at radius 1 is 0.760 bits per heavy atom. The van der Waals surface area contributed by atoms with Crippen molar-refractivity contribution >= 4 is 40.8 Å². The number of hydrogen-bond acceptors (Lipinski definition) is 15. The first-order valence-corrected chi connectivity index (χ1v) is 15.7. The number of allylic oxidation sites excluding steroid dienone is 3. The molecule has 0 saturated carbocycles. The number of benzene rings is 1.